The maximum atomic E-state index is 11.2. The van der Waals surface area contributed by atoms with Crippen molar-refractivity contribution in [2.24, 2.45) is 0 Å². The fourth-order valence-corrected chi connectivity index (χ4v) is 1.47. The molecular weight excluding hydrogens is 264 g/mol. The highest BCUT2D eigenvalue weighted by Crippen LogP contribution is 2.33. The Morgan fingerprint density at radius 2 is 1.95 bits per heavy atom. The van der Waals surface area contributed by atoms with Crippen LogP contribution in [-0.4, -0.2) is 40.8 Å². The van der Waals surface area contributed by atoms with E-state index in [0.717, 1.165) is 0 Å². The van der Waals surface area contributed by atoms with E-state index in [1.165, 1.54) is 7.11 Å². The standard InChI is InChI=1S/C12H20N4O4/c1-8-13-10(15-12(2,3)4)9(16(17)18)11(14-8)20-7-6-19-5/h6-7H2,1-5H3,(H,13,14,15). The Bertz CT molecular complexity index is 485. The number of aromatic nitrogens is 2. The number of hydrogen-bond donors (Lipinski definition) is 1. The minimum absolute atomic E-state index is 0.0497. The highest BCUT2D eigenvalue weighted by Gasteiger charge is 2.28. The van der Waals surface area contributed by atoms with Gasteiger partial charge in [-0.1, -0.05) is 0 Å². The number of aryl methyl sites for hydroxylation is 1. The molecule has 1 rings (SSSR count). The SMILES string of the molecule is COCCOc1nc(C)nc(NC(C)(C)C)c1[N+](=O)[O-]. The number of nitrogens with one attached hydrogen (secondary N) is 1. The van der Waals surface area contributed by atoms with Gasteiger partial charge in [0.15, 0.2) is 0 Å². The molecule has 8 nitrogen and oxygen atoms in total. The lowest BCUT2D eigenvalue weighted by Crippen LogP contribution is -2.27. The van der Waals surface area contributed by atoms with Crippen molar-refractivity contribution in [3.63, 3.8) is 0 Å². The lowest BCUT2D eigenvalue weighted by Gasteiger charge is -2.21. The van der Waals surface area contributed by atoms with Crippen LogP contribution in [-0.2, 0) is 4.74 Å². The van der Waals surface area contributed by atoms with Crippen LogP contribution in [0.5, 0.6) is 5.88 Å². The number of rotatable bonds is 6. The monoisotopic (exact) mass is 284 g/mol. The molecular formula is C12H20N4O4. The first-order valence-electron chi connectivity index (χ1n) is 6.17. The first-order chi connectivity index (χ1) is 9.24. The Kier molecular flexibility index (Phi) is 5.20. The molecule has 0 aliphatic carbocycles. The van der Waals surface area contributed by atoms with Crippen LogP contribution in [0, 0.1) is 17.0 Å². The first kappa shape index (κ1) is 16.1. The second kappa shape index (κ2) is 6.47. The van der Waals surface area contributed by atoms with Crippen LogP contribution in [0.25, 0.3) is 0 Å². The van der Waals surface area contributed by atoms with Gasteiger partial charge in [-0.3, -0.25) is 10.1 Å². The maximum Gasteiger partial charge on any atom is 0.372 e. The molecule has 0 fully saturated rings. The van der Waals surface area contributed by atoms with Gasteiger partial charge >= 0.3 is 5.69 Å². The summed E-state index contributed by atoms with van der Waals surface area (Å²) in [6.45, 7) is 7.82. The van der Waals surface area contributed by atoms with Gasteiger partial charge < -0.3 is 14.8 Å². The molecule has 0 saturated heterocycles. The highest BCUT2D eigenvalue weighted by molar-refractivity contribution is 5.62. The second-order valence-electron chi connectivity index (χ2n) is 5.25. The molecule has 0 bridgehead atoms. The average Bonchev–Trinajstić information content (AvgIpc) is 2.25. The number of ether oxygens (including phenoxy) is 2. The summed E-state index contributed by atoms with van der Waals surface area (Å²) < 4.78 is 10.2. The zero-order valence-electron chi connectivity index (χ0n) is 12.4. The van der Waals surface area contributed by atoms with Gasteiger partial charge in [-0.05, 0) is 27.7 Å². The van der Waals surface area contributed by atoms with E-state index >= 15 is 0 Å². The quantitative estimate of drug-likeness (QED) is 0.484. The van der Waals surface area contributed by atoms with Gasteiger partial charge in [-0.25, -0.2) is 4.98 Å². The number of nitrogens with zero attached hydrogens (tertiary/aromatic N) is 3. The molecule has 0 atom stereocenters. The van der Waals surface area contributed by atoms with Crippen LogP contribution < -0.4 is 10.1 Å². The molecule has 0 unspecified atom stereocenters. The van der Waals surface area contributed by atoms with Gasteiger partial charge in [0.2, 0.25) is 5.82 Å². The lowest BCUT2D eigenvalue weighted by molar-refractivity contribution is -0.385. The van der Waals surface area contributed by atoms with E-state index in [1.807, 2.05) is 20.8 Å². The van der Waals surface area contributed by atoms with Crippen molar-refractivity contribution in [3.8, 4) is 5.88 Å². The summed E-state index contributed by atoms with van der Waals surface area (Å²) in [4.78, 5) is 18.8. The number of hydrogen-bond acceptors (Lipinski definition) is 7. The van der Waals surface area contributed by atoms with Crippen molar-refractivity contribution < 1.29 is 14.4 Å². The van der Waals surface area contributed by atoms with Gasteiger partial charge in [0, 0.05) is 12.6 Å². The summed E-state index contributed by atoms with van der Waals surface area (Å²) in [5.41, 5.74) is -0.628. The van der Waals surface area contributed by atoms with Crippen molar-refractivity contribution in [3.05, 3.63) is 15.9 Å². The molecule has 0 spiro atoms. The van der Waals surface area contributed by atoms with Crippen molar-refractivity contribution in [2.75, 3.05) is 25.6 Å². The molecule has 0 saturated carbocycles. The molecule has 8 heteroatoms. The van der Waals surface area contributed by atoms with E-state index in [-0.39, 0.29) is 29.5 Å². The molecule has 1 heterocycles. The summed E-state index contributed by atoms with van der Waals surface area (Å²) in [6, 6.07) is 0. The smallest absolute Gasteiger partial charge is 0.372 e. The predicted octanol–water partition coefficient (Wildman–Crippen LogP) is 1.93. The van der Waals surface area contributed by atoms with Gasteiger partial charge in [-0.2, -0.15) is 4.98 Å². The molecule has 0 aliphatic heterocycles. The van der Waals surface area contributed by atoms with Crippen molar-refractivity contribution in [1.29, 1.82) is 0 Å². The largest absolute Gasteiger partial charge is 0.470 e. The molecule has 0 radical (unpaired) electrons. The van der Waals surface area contributed by atoms with E-state index in [2.05, 4.69) is 15.3 Å². The molecule has 0 aliphatic rings. The third-order valence-corrected chi connectivity index (χ3v) is 2.17. The number of anilines is 1. The second-order valence-corrected chi connectivity index (χ2v) is 5.25. The molecule has 1 aromatic heterocycles. The Labute approximate surface area is 117 Å². The summed E-state index contributed by atoms with van der Waals surface area (Å²) in [5.74, 6) is 0.503. The Morgan fingerprint density at radius 3 is 2.45 bits per heavy atom. The maximum absolute atomic E-state index is 11.2. The van der Waals surface area contributed by atoms with Gasteiger partial charge in [0.05, 0.1) is 11.5 Å². The van der Waals surface area contributed by atoms with E-state index < -0.39 is 4.92 Å². The summed E-state index contributed by atoms with van der Waals surface area (Å²) >= 11 is 0. The van der Waals surface area contributed by atoms with Crippen LogP contribution in [0.15, 0.2) is 0 Å². The fourth-order valence-electron chi connectivity index (χ4n) is 1.47. The fraction of sp³-hybridized carbons (Fsp3) is 0.667. The topological polar surface area (TPSA) is 99.4 Å². The van der Waals surface area contributed by atoms with E-state index in [9.17, 15) is 10.1 Å². The van der Waals surface area contributed by atoms with Gasteiger partial charge in [0.1, 0.15) is 12.4 Å². The summed E-state index contributed by atoms with van der Waals surface area (Å²) in [6.07, 6.45) is 0. The third-order valence-electron chi connectivity index (χ3n) is 2.17. The Balaban J connectivity index is 3.18. The van der Waals surface area contributed by atoms with Crippen LogP contribution in [0.3, 0.4) is 0 Å². The zero-order chi connectivity index (χ0) is 15.3. The van der Waals surface area contributed by atoms with Gasteiger partial charge in [-0.15, -0.1) is 0 Å². The van der Waals surface area contributed by atoms with Crippen molar-refractivity contribution >= 4 is 11.5 Å². The van der Waals surface area contributed by atoms with E-state index in [4.69, 9.17) is 9.47 Å². The first-order valence-corrected chi connectivity index (χ1v) is 6.17. The lowest BCUT2D eigenvalue weighted by atomic mass is 10.1. The zero-order valence-corrected chi connectivity index (χ0v) is 12.4. The molecule has 112 valence electrons. The van der Waals surface area contributed by atoms with Crippen LogP contribution in [0.2, 0.25) is 0 Å². The highest BCUT2D eigenvalue weighted by atomic mass is 16.6. The minimum Gasteiger partial charge on any atom is -0.470 e. The van der Waals surface area contributed by atoms with Crippen LogP contribution in [0.4, 0.5) is 11.5 Å². The molecule has 0 amide bonds. The summed E-state index contributed by atoms with van der Waals surface area (Å²) in [5, 5.41) is 14.2. The predicted molar refractivity (Wildman–Crippen MR) is 74.2 cm³/mol. The van der Waals surface area contributed by atoms with Crippen LogP contribution >= 0.6 is 0 Å². The number of nitro groups is 1. The third kappa shape index (κ3) is 4.61. The average molecular weight is 284 g/mol. The Hall–Kier alpha value is -1.96. The van der Waals surface area contributed by atoms with E-state index in [1.54, 1.807) is 6.92 Å². The molecule has 1 N–H and O–H groups in total. The molecule has 20 heavy (non-hydrogen) atoms. The Morgan fingerprint density at radius 1 is 1.30 bits per heavy atom. The van der Waals surface area contributed by atoms with Crippen LogP contribution in [0.1, 0.15) is 26.6 Å². The van der Waals surface area contributed by atoms with E-state index in [0.29, 0.717) is 12.4 Å². The molecule has 0 aromatic carbocycles. The van der Waals surface area contributed by atoms with Gasteiger partial charge in [0.25, 0.3) is 5.88 Å². The minimum atomic E-state index is -0.546. The normalized spacial score (nSPS) is 11.2. The van der Waals surface area contributed by atoms with Crippen molar-refractivity contribution in [1.82, 2.24) is 9.97 Å². The summed E-state index contributed by atoms with van der Waals surface area (Å²) in [7, 11) is 1.52. The molecule has 1 aromatic rings. The van der Waals surface area contributed by atoms with Crippen molar-refractivity contribution in [2.45, 2.75) is 33.2 Å². The number of methoxy groups -OCH3 is 1.